The van der Waals surface area contributed by atoms with E-state index in [1.165, 1.54) is 18.2 Å². The van der Waals surface area contributed by atoms with Gasteiger partial charge in [-0.25, -0.2) is 21.6 Å². The first-order chi connectivity index (χ1) is 10.7. The maximum atomic E-state index is 13.3. The minimum Gasteiger partial charge on any atom is -0.322 e. The highest BCUT2D eigenvalue weighted by molar-refractivity contribution is 7.90. The number of anilines is 1. The highest BCUT2D eigenvalue weighted by Gasteiger charge is 2.15. The van der Waals surface area contributed by atoms with Crippen LogP contribution < -0.4 is 5.32 Å². The van der Waals surface area contributed by atoms with E-state index in [4.69, 9.17) is 0 Å². The molecule has 0 radical (unpaired) electrons. The normalized spacial score (nSPS) is 11.3. The first-order valence-electron chi connectivity index (χ1n) is 6.37. The molecule has 0 spiro atoms. The number of hydrogen-bond donors (Lipinski definition) is 1. The standard InChI is InChI=1S/C15H12F3NO3S/c1-23(21,22)12-4-2-3-9(6-12)15(20)19-11-5-10(8-16)14(18)13(17)7-11/h2-7H,8H2,1H3,(H,19,20). The molecule has 8 heteroatoms. The predicted molar refractivity (Wildman–Crippen MR) is 78.7 cm³/mol. The van der Waals surface area contributed by atoms with E-state index in [9.17, 15) is 26.4 Å². The fourth-order valence-electron chi connectivity index (χ4n) is 1.89. The number of hydrogen-bond acceptors (Lipinski definition) is 3. The molecule has 0 aliphatic heterocycles. The Morgan fingerprint density at radius 2 is 1.87 bits per heavy atom. The molecule has 2 aromatic carbocycles. The lowest BCUT2D eigenvalue weighted by Crippen LogP contribution is -2.13. The number of amides is 1. The first-order valence-corrected chi connectivity index (χ1v) is 8.27. The Hall–Kier alpha value is -2.35. The molecule has 0 saturated heterocycles. The van der Waals surface area contributed by atoms with Crippen molar-refractivity contribution in [2.24, 2.45) is 0 Å². The Labute approximate surface area is 130 Å². The second kappa shape index (κ2) is 6.41. The summed E-state index contributed by atoms with van der Waals surface area (Å²) >= 11 is 0. The number of nitrogens with one attached hydrogen (secondary N) is 1. The summed E-state index contributed by atoms with van der Waals surface area (Å²) in [5, 5.41) is 2.27. The Morgan fingerprint density at radius 3 is 2.48 bits per heavy atom. The Kier molecular flexibility index (Phi) is 4.74. The maximum absolute atomic E-state index is 13.3. The van der Waals surface area contributed by atoms with Crippen LogP contribution in [0.1, 0.15) is 15.9 Å². The second-order valence-corrected chi connectivity index (χ2v) is 6.83. The van der Waals surface area contributed by atoms with Crippen LogP contribution in [0, 0.1) is 11.6 Å². The number of sulfone groups is 1. The van der Waals surface area contributed by atoms with Crippen molar-refractivity contribution < 1.29 is 26.4 Å². The molecule has 1 N–H and O–H groups in total. The van der Waals surface area contributed by atoms with Crippen LogP contribution in [-0.2, 0) is 16.5 Å². The molecule has 2 rings (SSSR count). The average Bonchev–Trinajstić information content (AvgIpc) is 2.50. The van der Waals surface area contributed by atoms with Crippen LogP contribution in [0.15, 0.2) is 41.3 Å². The summed E-state index contributed by atoms with van der Waals surface area (Å²) in [6.45, 7) is -1.23. The van der Waals surface area contributed by atoms with Gasteiger partial charge in [-0.3, -0.25) is 4.79 Å². The molecular formula is C15H12F3NO3S. The number of carbonyl (C=O) groups excluding carboxylic acids is 1. The molecule has 0 aliphatic rings. The lowest BCUT2D eigenvalue weighted by Gasteiger charge is -2.09. The molecule has 0 heterocycles. The molecule has 23 heavy (non-hydrogen) atoms. The monoisotopic (exact) mass is 343 g/mol. The van der Waals surface area contributed by atoms with Crippen molar-refractivity contribution in [1.82, 2.24) is 0 Å². The van der Waals surface area contributed by atoms with Crippen molar-refractivity contribution in [1.29, 1.82) is 0 Å². The number of rotatable bonds is 4. The maximum Gasteiger partial charge on any atom is 0.255 e. The van der Waals surface area contributed by atoms with Gasteiger partial charge in [0.05, 0.1) is 4.90 Å². The average molecular weight is 343 g/mol. The van der Waals surface area contributed by atoms with E-state index in [0.29, 0.717) is 6.07 Å². The molecule has 0 fully saturated rings. The van der Waals surface area contributed by atoms with Crippen LogP contribution in [0.25, 0.3) is 0 Å². The highest BCUT2D eigenvalue weighted by Crippen LogP contribution is 2.21. The molecule has 0 saturated carbocycles. The van der Waals surface area contributed by atoms with Crippen molar-refractivity contribution >= 4 is 21.4 Å². The first kappa shape index (κ1) is 17.0. The molecule has 2 aromatic rings. The lowest BCUT2D eigenvalue weighted by atomic mass is 10.1. The fourth-order valence-corrected chi connectivity index (χ4v) is 2.55. The quantitative estimate of drug-likeness (QED) is 0.928. The Morgan fingerprint density at radius 1 is 1.17 bits per heavy atom. The second-order valence-electron chi connectivity index (χ2n) is 4.82. The molecule has 0 atom stereocenters. The summed E-state index contributed by atoms with van der Waals surface area (Å²) in [5.41, 5.74) is -0.643. The summed E-state index contributed by atoms with van der Waals surface area (Å²) < 4.78 is 62.1. The largest absolute Gasteiger partial charge is 0.322 e. The molecule has 122 valence electrons. The van der Waals surface area contributed by atoms with Crippen LogP contribution in [0.3, 0.4) is 0 Å². The minimum atomic E-state index is -3.49. The van der Waals surface area contributed by atoms with Gasteiger partial charge in [-0.15, -0.1) is 0 Å². The van der Waals surface area contributed by atoms with E-state index in [1.54, 1.807) is 0 Å². The van der Waals surface area contributed by atoms with Gasteiger partial charge in [0.1, 0.15) is 6.67 Å². The lowest BCUT2D eigenvalue weighted by molar-refractivity contribution is 0.102. The van der Waals surface area contributed by atoms with Crippen LogP contribution in [0.2, 0.25) is 0 Å². The van der Waals surface area contributed by atoms with E-state index in [2.05, 4.69) is 5.32 Å². The van der Waals surface area contributed by atoms with E-state index < -0.39 is 39.6 Å². The highest BCUT2D eigenvalue weighted by atomic mass is 32.2. The van der Waals surface area contributed by atoms with Gasteiger partial charge < -0.3 is 5.32 Å². The van der Waals surface area contributed by atoms with Gasteiger partial charge >= 0.3 is 0 Å². The van der Waals surface area contributed by atoms with Gasteiger partial charge in [0.25, 0.3) is 5.91 Å². The number of benzene rings is 2. The minimum absolute atomic E-state index is 0.0134. The van der Waals surface area contributed by atoms with Crippen molar-refractivity contribution in [2.45, 2.75) is 11.6 Å². The van der Waals surface area contributed by atoms with Gasteiger partial charge in [0.15, 0.2) is 21.5 Å². The molecule has 4 nitrogen and oxygen atoms in total. The van der Waals surface area contributed by atoms with Crippen molar-refractivity contribution in [3.8, 4) is 0 Å². The van der Waals surface area contributed by atoms with E-state index in [0.717, 1.165) is 18.4 Å². The van der Waals surface area contributed by atoms with Crippen LogP contribution in [0.4, 0.5) is 18.9 Å². The van der Waals surface area contributed by atoms with Gasteiger partial charge in [-0.1, -0.05) is 6.07 Å². The third kappa shape index (κ3) is 3.89. The van der Waals surface area contributed by atoms with Crippen LogP contribution in [0.5, 0.6) is 0 Å². The third-order valence-corrected chi connectivity index (χ3v) is 4.14. The summed E-state index contributed by atoms with van der Waals surface area (Å²) in [4.78, 5) is 12.0. The zero-order valence-corrected chi connectivity index (χ0v) is 12.8. The van der Waals surface area contributed by atoms with Crippen molar-refractivity contribution in [2.75, 3.05) is 11.6 Å². The Bertz CT molecular complexity index is 866. The van der Waals surface area contributed by atoms with E-state index >= 15 is 0 Å². The summed E-state index contributed by atoms with van der Waals surface area (Å²) in [5.74, 6) is -3.34. The molecule has 1 amide bonds. The van der Waals surface area contributed by atoms with Gasteiger partial charge in [0, 0.05) is 29.1 Å². The summed E-state index contributed by atoms with van der Waals surface area (Å²) in [6.07, 6.45) is 0.993. The Balaban J connectivity index is 2.31. The number of halogens is 3. The van der Waals surface area contributed by atoms with Gasteiger partial charge in [0.2, 0.25) is 0 Å². The number of carbonyl (C=O) groups is 1. The summed E-state index contributed by atoms with van der Waals surface area (Å²) in [6, 6.07) is 6.90. The summed E-state index contributed by atoms with van der Waals surface area (Å²) in [7, 11) is -3.49. The number of alkyl halides is 1. The van der Waals surface area contributed by atoms with E-state index in [-0.39, 0.29) is 16.1 Å². The van der Waals surface area contributed by atoms with Crippen molar-refractivity contribution in [3.63, 3.8) is 0 Å². The molecule has 0 unspecified atom stereocenters. The zero-order valence-electron chi connectivity index (χ0n) is 11.9. The fraction of sp³-hybridized carbons (Fsp3) is 0.133. The predicted octanol–water partition coefficient (Wildman–Crippen LogP) is 3.09. The van der Waals surface area contributed by atoms with E-state index in [1.807, 2.05) is 0 Å². The van der Waals surface area contributed by atoms with Crippen molar-refractivity contribution in [3.05, 3.63) is 59.2 Å². The molecule has 0 aliphatic carbocycles. The molecule has 0 aromatic heterocycles. The van der Waals surface area contributed by atoms with Crippen LogP contribution in [-0.4, -0.2) is 20.6 Å². The molecule has 0 bridgehead atoms. The van der Waals surface area contributed by atoms with Gasteiger partial charge in [-0.2, -0.15) is 0 Å². The molecular weight excluding hydrogens is 331 g/mol. The van der Waals surface area contributed by atoms with Gasteiger partial charge in [-0.05, 0) is 24.3 Å². The topological polar surface area (TPSA) is 63.2 Å². The SMILES string of the molecule is CS(=O)(=O)c1cccc(C(=O)Nc2cc(F)c(F)c(CF)c2)c1. The zero-order chi connectivity index (χ0) is 17.2. The third-order valence-electron chi connectivity index (χ3n) is 3.03. The van der Waals surface area contributed by atoms with Crippen LogP contribution >= 0.6 is 0 Å². The smallest absolute Gasteiger partial charge is 0.255 e.